The van der Waals surface area contributed by atoms with Gasteiger partial charge in [0.2, 0.25) is 0 Å². The molecule has 88 valence electrons. The van der Waals surface area contributed by atoms with Gasteiger partial charge in [-0.3, -0.25) is 0 Å². The van der Waals surface area contributed by atoms with E-state index in [2.05, 4.69) is 29.4 Å². The third-order valence-corrected chi connectivity index (χ3v) is 3.66. The van der Waals surface area contributed by atoms with Crippen molar-refractivity contribution in [2.75, 3.05) is 5.32 Å². The first-order valence-electron chi connectivity index (χ1n) is 6.50. The average Bonchev–Trinajstić information content (AvgIpc) is 2.30. The van der Waals surface area contributed by atoms with Crippen molar-refractivity contribution in [2.45, 2.75) is 52.0 Å². The van der Waals surface area contributed by atoms with Crippen LogP contribution in [0.1, 0.15) is 44.7 Å². The van der Waals surface area contributed by atoms with E-state index in [0.717, 1.165) is 17.4 Å². The van der Waals surface area contributed by atoms with Crippen molar-refractivity contribution in [3.05, 3.63) is 23.9 Å². The van der Waals surface area contributed by atoms with E-state index in [-0.39, 0.29) is 0 Å². The zero-order chi connectivity index (χ0) is 11.4. The summed E-state index contributed by atoms with van der Waals surface area (Å²) in [5.41, 5.74) is 1.09. The molecule has 2 unspecified atom stereocenters. The van der Waals surface area contributed by atoms with Gasteiger partial charge in [-0.25, -0.2) is 4.98 Å². The number of aromatic nitrogens is 1. The first-order chi connectivity index (χ1) is 7.79. The molecule has 1 aromatic rings. The smallest absolute Gasteiger partial charge is 0.126 e. The maximum atomic E-state index is 4.52. The van der Waals surface area contributed by atoms with E-state index >= 15 is 0 Å². The fourth-order valence-corrected chi connectivity index (χ4v) is 2.70. The second-order valence-electron chi connectivity index (χ2n) is 4.87. The van der Waals surface area contributed by atoms with Crippen LogP contribution in [0.2, 0.25) is 0 Å². The van der Waals surface area contributed by atoms with E-state index in [1.165, 1.54) is 32.1 Å². The standard InChI is InChI=1S/C14H22N2/c1-3-12-8-4-5-9-13(12)16-14-10-6-7-11(2)15-14/h6-7,10,12-13H,3-5,8-9H2,1-2H3,(H,15,16). The third-order valence-electron chi connectivity index (χ3n) is 3.66. The fraction of sp³-hybridized carbons (Fsp3) is 0.643. The quantitative estimate of drug-likeness (QED) is 0.835. The van der Waals surface area contributed by atoms with Crippen LogP contribution in [0.25, 0.3) is 0 Å². The fourth-order valence-electron chi connectivity index (χ4n) is 2.70. The summed E-state index contributed by atoms with van der Waals surface area (Å²) >= 11 is 0. The molecular weight excluding hydrogens is 196 g/mol. The van der Waals surface area contributed by atoms with E-state index in [9.17, 15) is 0 Å². The van der Waals surface area contributed by atoms with Gasteiger partial charge in [0.15, 0.2) is 0 Å². The second-order valence-corrected chi connectivity index (χ2v) is 4.87. The van der Waals surface area contributed by atoms with Gasteiger partial charge in [0.25, 0.3) is 0 Å². The highest BCUT2D eigenvalue weighted by Crippen LogP contribution is 2.28. The predicted octanol–water partition coefficient (Wildman–Crippen LogP) is 3.77. The van der Waals surface area contributed by atoms with Gasteiger partial charge in [0.1, 0.15) is 5.82 Å². The van der Waals surface area contributed by atoms with E-state index in [1.54, 1.807) is 0 Å². The van der Waals surface area contributed by atoms with Crippen molar-refractivity contribution < 1.29 is 0 Å². The largest absolute Gasteiger partial charge is 0.367 e. The van der Waals surface area contributed by atoms with Crippen LogP contribution in [0.4, 0.5) is 5.82 Å². The Morgan fingerprint density at radius 3 is 2.88 bits per heavy atom. The Labute approximate surface area is 98.5 Å². The van der Waals surface area contributed by atoms with Gasteiger partial charge in [-0.05, 0) is 37.8 Å². The van der Waals surface area contributed by atoms with E-state index in [0.29, 0.717) is 6.04 Å². The molecule has 0 spiro atoms. The molecule has 0 amide bonds. The Kier molecular flexibility index (Phi) is 3.81. The minimum absolute atomic E-state index is 0.632. The summed E-state index contributed by atoms with van der Waals surface area (Å²) in [4.78, 5) is 4.52. The van der Waals surface area contributed by atoms with Crippen molar-refractivity contribution in [3.63, 3.8) is 0 Å². The van der Waals surface area contributed by atoms with E-state index in [4.69, 9.17) is 0 Å². The van der Waals surface area contributed by atoms with Gasteiger partial charge >= 0.3 is 0 Å². The molecular formula is C14H22N2. The number of anilines is 1. The third kappa shape index (κ3) is 2.75. The summed E-state index contributed by atoms with van der Waals surface area (Å²) in [5, 5.41) is 3.61. The topological polar surface area (TPSA) is 24.9 Å². The number of aryl methyl sites for hydroxylation is 1. The first kappa shape index (κ1) is 11.4. The monoisotopic (exact) mass is 218 g/mol. The first-order valence-corrected chi connectivity index (χ1v) is 6.50. The van der Waals surface area contributed by atoms with Crippen LogP contribution in [0.5, 0.6) is 0 Å². The molecule has 1 heterocycles. The van der Waals surface area contributed by atoms with Crippen LogP contribution >= 0.6 is 0 Å². The highest BCUT2D eigenvalue weighted by molar-refractivity contribution is 5.36. The molecule has 1 fully saturated rings. The Bertz CT molecular complexity index is 335. The number of hydrogen-bond acceptors (Lipinski definition) is 2. The lowest BCUT2D eigenvalue weighted by Crippen LogP contribution is -2.32. The minimum atomic E-state index is 0.632. The summed E-state index contributed by atoms with van der Waals surface area (Å²) in [5.74, 6) is 1.88. The molecule has 1 N–H and O–H groups in total. The number of rotatable bonds is 3. The van der Waals surface area contributed by atoms with Gasteiger partial charge in [-0.2, -0.15) is 0 Å². The Morgan fingerprint density at radius 1 is 1.31 bits per heavy atom. The van der Waals surface area contributed by atoms with Crippen LogP contribution in [-0.2, 0) is 0 Å². The number of hydrogen-bond donors (Lipinski definition) is 1. The molecule has 0 radical (unpaired) electrons. The van der Waals surface area contributed by atoms with Crippen LogP contribution < -0.4 is 5.32 Å². The molecule has 1 aliphatic carbocycles. The molecule has 2 rings (SSSR count). The maximum absolute atomic E-state index is 4.52. The Balaban J connectivity index is 2.02. The lowest BCUT2D eigenvalue weighted by Gasteiger charge is -2.31. The number of nitrogens with one attached hydrogen (secondary N) is 1. The molecule has 2 heteroatoms. The van der Waals surface area contributed by atoms with E-state index in [1.807, 2.05) is 13.0 Å². The molecule has 1 aromatic heterocycles. The average molecular weight is 218 g/mol. The van der Waals surface area contributed by atoms with Gasteiger partial charge < -0.3 is 5.32 Å². The lowest BCUT2D eigenvalue weighted by molar-refractivity contribution is 0.317. The molecule has 0 saturated heterocycles. The molecule has 2 nitrogen and oxygen atoms in total. The zero-order valence-electron chi connectivity index (χ0n) is 10.4. The van der Waals surface area contributed by atoms with Crippen LogP contribution in [0.3, 0.4) is 0 Å². The summed E-state index contributed by atoms with van der Waals surface area (Å²) in [6.45, 7) is 4.34. The van der Waals surface area contributed by atoms with Gasteiger partial charge in [-0.15, -0.1) is 0 Å². The van der Waals surface area contributed by atoms with Crippen molar-refractivity contribution >= 4 is 5.82 Å². The van der Waals surface area contributed by atoms with E-state index < -0.39 is 0 Å². The molecule has 1 aliphatic rings. The number of pyridine rings is 1. The van der Waals surface area contributed by atoms with Crippen LogP contribution in [-0.4, -0.2) is 11.0 Å². The molecule has 0 aromatic carbocycles. The summed E-state index contributed by atoms with van der Waals surface area (Å²) < 4.78 is 0. The van der Waals surface area contributed by atoms with Crippen molar-refractivity contribution in [2.24, 2.45) is 5.92 Å². The lowest BCUT2D eigenvalue weighted by atomic mass is 9.83. The van der Waals surface area contributed by atoms with Crippen molar-refractivity contribution in [3.8, 4) is 0 Å². The van der Waals surface area contributed by atoms with Gasteiger partial charge in [0.05, 0.1) is 0 Å². The molecule has 16 heavy (non-hydrogen) atoms. The van der Waals surface area contributed by atoms with Crippen molar-refractivity contribution in [1.82, 2.24) is 4.98 Å². The zero-order valence-corrected chi connectivity index (χ0v) is 10.4. The normalized spacial score (nSPS) is 25.4. The van der Waals surface area contributed by atoms with Crippen molar-refractivity contribution in [1.29, 1.82) is 0 Å². The SMILES string of the molecule is CCC1CCCCC1Nc1cccc(C)n1. The predicted molar refractivity (Wildman–Crippen MR) is 68.6 cm³/mol. The second kappa shape index (κ2) is 5.33. The van der Waals surface area contributed by atoms with Gasteiger partial charge in [0, 0.05) is 11.7 Å². The summed E-state index contributed by atoms with van der Waals surface area (Å²) in [7, 11) is 0. The molecule has 2 atom stereocenters. The summed E-state index contributed by atoms with van der Waals surface area (Å²) in [6.07, 6.45) is 6.72. The number of nitrogens with zero attached hydrogens (tertiary/aromatic N) is 1. The highest BCUT2D eigenvalue weighted by Gasteiger charge is 2.23. The maximum Gasteiger partial charge on any atom is 0.126 e. The Hall–Kier alpha value is -1.05. The van der Waals surface area contributed by atoms with Gasteiger partial charge in [-0.1, -0.05) is 32.3 Å². The Morgan fingerprint density at radius 2 is 2.12 bits per heavy atom. The molecule has 0 aliphatic heterocycles. The van der Waals surface area contributed by atoms with Crippen LogP contribution in [0, 0.1) is 12.8 Å². The van der Waals surface area contributed by atoms with Crippen LogP contribution in [0.15, 0.2) is 18.2 Å². The summed E-state index contributed by atoms with van der Waals surface area (Å²) in [6, 6.07) is 6.83. The highest BCUT2D eigenvalue weighted by atomic mass is 15.0. The molecule has 0 bridgehead atoms. The minimum Gasteiger partial charge on any atom is -0.367 e. The molecule has 1 saturated carbocycles.